The summed E-state index contributed by atoms with van der Waals surface area (Å²) in [6.45, 7) is 0. The van der Waals surface area contributed by atoms with Crippen LogP contribution in [0.4, 0.5) is 0 Å². The van der Waals surface area contributed by atoms with Gasteiger partial charge in [0.1, 0.15) is 0 Å². The van der Waals surface area contributed by atoms with E-state index in [1.54, 1.807) is 12.4 Å². The van der Waals surface area contributed by atoms with Crippen LogP contribution in [0.3, 0.4) is 0 Å². The molecule has 0 amide bonds. The van der Waals surface area contributed by atoms with Crippen LogP contribution in [0.15, 0.2) is 134 Å². The predicted molar refractivity (Wildman–Crippen MR) is 190 cm³/mol. The maximum absolute atomic E-state index is 4.75. The van der Waals surface area contributed by atoms with Crippen LogP contribution in [0.5, 0.6) is 0 Å². The van der Waals surface area contributed by atoms with Crippen LogP contribution in [-0.4, -0.2) is 18.9 Å². The van der Waals surface area contributed by atoms with Gasteiger partial charge in [-0.3, -0.25) is 9.97 Å². The Bertz CT molecular complexity index is 3110. The first-order chi connectivity index (χ1) is 22.9. The minimum Gasteiger partial charge on any atom is -0.309 e. The molecule has 11 aromatic rings. The first-order valence-electron chi connectivity index (χ1n) is 15.8. The van der Waals surface area contributed by atoms with E-state index in [2.05, 4.69) is 130 Å². The molecule has 0 fully saturated rings. The SMILES string of the molecule is c1ccc2c(c1)ccc1c2c2c3c4ccccc4n(-c4ccc5c6c(cccc46)-c4nccnc4-5)c3cc3c4ccccc4n1c32. The van der Waals surface area contributed by atoms with Crippen molar-refractivity contribution >= 4 is 81.4 Å². The lowest BCUT2D eigenvalue weighted by atomic mass is 9.98. The molecule has 210 valence electrons. The van der Waals surface area contributed by atoms with E-state index < -0.39 is 0 Å². The Morgan fingerprint density at radius 1 is 0.413 bits per heavy atom. The van der Waals surface area contributed by atoms with E-state index in [0.29, 0.717) is 0 Å². The minimum atomic E-state index is 0.966. The lowest BCUT2D eigenvalue weighted by Gasteiger charge is -2.13. The van der Waals surface area contributed by atoms with Gasteiger partial charge in [0.15, 0.2) is 0 Å². The van der Waals surface area contributed by atoms with Crippen molar-refractivity contribution in [3.05, 3.63) is 134 Å². The topological polar surface area (TPSA) is 35.1 Å². The normalized spacial score (nSPS) is 12.8. The Morgan fingerprint density at radius 2 is 1.11 bits per heavy atom. The van der Waals surface area contributed by atoms with Crippen LogP contribution < -0.4 is 0 Å². The van der Waals surface area contributed by atoms with E-state index in [9.17, 15) is 0 Å². The Labute approximate surface area is 261 Å². The highest BCUT2D eigenvalue weighted by Crippen LogP contribution is 2.50. The van der Waals surface area contributed by atoms with Crippen molar-refractivity contribution < 1.29 is 0 Å². The van der Waals surface area contributed by atoms with E-state index in [-0.39, 0.29) is 0 Å². The van der Waals surface area contributed by atoms with Crippen molar-refractivity contribution in [2.45, 2.75) is 0 Å². The molecule has 0 aliphatic heterocycles. The molecule has 4 nitrogen and oxygen atoms in total. The molecule has 0 unspecified atom stereocenters. The monoisotopic (exact) mass is 582 g/mol. The summed E-state index contributed by atoms with van der Waals surface area (Å²) in [6, 6.07) is 44.8. The molecule has 0 spiro atoms. The zero-order valence-electron chi connectivity index (χ0n) is 24.5. The van der Waals surface area contributed by atoms with Crippen molar-refractivity contribution in [1.29, 1.82) is 0 Å². The highest BCUT2D eigenvalue weighted by molar-refractivity contribution is 6.39. The molecular weight excluding hydrogens is 560 g/mol. The fraction of sp³-hybridized carbons (Fsp3) is 0. The van der Waals surface area contributed by atoms with Gasteiger partial charge >= 0.3 is 0 Å². The van der Waals surface area contributed by atoms with Crippen LogP contribution in [0, 0.1) is 0 Å². The maximum atomic E-state index is 4.75. The Morgan fingerprint density at radius 3 is 1.98 bits per heavy atom. The predicted octanol–water partition coefficient (Wildman–Crippen LogP) is 10.7. The molecule has 12 rings (SSSR count). The molecule has 4 heteroatoms. The highest BCUT2D eigenvalue weighted by Gasteiger charge is 2.28. The lowest BCUT2D eigenvalue weighted by Crippen LogP contribution is -1.96. The average molecular weight is 583 g/mol. The Hall–Kier alpha value is -6.26. The number of hydrogen-bond donors (Lipinski definition) is 0. The van der Waals surface area contributed by atoms with Gasteiger partial charge in [0.05, 0.1) is 44.7 Å². The molecule has 0 saturated carbocycles. The van der Waals surface area contributed by atoms with Gasteiger partial charge in [-0.2, -0.15) is 0 Å². The van der Waals surface area contributed by atoms with Crippen molar-refractivity contribution in [2.24, 2.45) is 0 Å². The molecule has 46 heavy (non-hydrogen) atoms. The standard InChI is InChI=1S/C42H22N4/c1-2-9-24-23(8-1)16-18-34-37(24)39-38-27-11-4-6-15-32(27)45(35(38)22-30-25-10-3-5-14-31(25)46(34)42(30)39)33-19-17-29-36-26(33)12-7-13-28(36)40-41(29)44-21-20-43-40/h1-22H. The third-order valence-corrected chi connectivity index (χ3v) is 10.5. The van der Waals surface area contributed by atoms with Gasteiger partial charge < -0.3 is 8.97 Å². The molecule has 1 aliphatic carbocycles. The third kappa shape index (κ3) is 2.54. The molecule has 0 N–H and O–H groups in total. The van der Waals surface area contributed by atoms with Gasteiger partial charge in [-0.05, 0) is 47.2 Å². The summed E-state index contributed by atoms with van der Waals surface area (Å²) in [5, 5.41) is 12.8. The first kappa shape index (κ1) is 23.2. The van der Waals surface area contributed by atoms with Crippen molar-refractivity contribution in [2.75, 3.05) is 0 Å². The number of para-hydroxylation sites is 2. The van der Waals surface area contributed by atoms with E-state index in [0.717, 1.165) is 22.5 Å². The first-order valence-corrected chi connectivity index (χ1v) is 15.8. The number of hydrogen-bond acceptors (Lipinski definition) is 2. The fourth-order valence-electron chi connectivity index (χ4n) is 8.75. The Balaban J connectivity index is 1.35. The van der Waals surface area contributed by atoms with Crippen LogP contribution in [-0.2, 0) is 0 Å². The fourth-order valence-corrected chi connectivity index (χ4v) is 8.75. The summed E-state index contributed by atoms with van der Waals surface area (Å²) in [6.07, 6.45) is 3.59. The highest BCUT2D eigenvalue weighted by atomic mass is 15.0. The van der Waals surface area contributed by atoms with E-state index in [1.165, 1.54) is 87.1 Å². The molecule has 4 aromatic heterocycles. The van der Waals surface area contributed by atoms with E-state index in [1.807, 2.05) is 0 Å². The van der Waals surface area contributed by atoms with Gasteiger partial charge in [0, 0.05) is 66.6 Å². The second kappa shape index (κ2) is 7.87. The van der Waals surface area contributed by atoms with E-state index in [4.69, 9.17) is 9.97 Å². The summed E-state index contributed by atoms with van der Waals surface area (Å²) in [5.74, 6) is 0. The number of benzene rings is 7. The van der Waals surface area contributed by atoms with Gasteiger partial charge in [-0.1, -0.05) is 84.9 Å². The summed E-state index contributed by atoms with van der Waals surface area (Å²) in [5.41, 5.74) is 11.7. The second-order valence-electron chi connectivity index (χ2n) is 12.5. The van der Waals surface area contributed by atoms with Gasteiger partial charge in [-0.15, -0.1) is 0 Å². The number of aromatic nitrogens is 4. The molecule has 0 radical (unpaired) electrons. The zero-order chi connectivity index (χ0) is 29.7. The zero-order valence-corrected chi connectivity index (χ0v) is 24.5. The summed E-state index contributed by atoms with van der Waals surface area (Å²) < 4.78 is 5.01. The number of fused-ring (bicyclic) bond motifs is 15. The van der Waals surface area contributed by atoms with Crippen LogP contribution in [0.25, 0.3) is 110 Å². The lowest BCUT2D eigenvalue weighted by molar-refractivity contribution is 1.20. The molecule has 7 aromatic carbocycles. The molecular formula is C42H22N4. The summed E-state index contributed by atoms with van der Waals surface area (Å²) >= 11 is 0. The third-order valence-electron chi connectivity index (χ3n) is 10.5. The van der Waals surface area contributed by atoms with Gasteiger partial charge in [0.25, 0.3) is 0 Å². The number of nitrogens with zero attached hydrogens (tertiary/aromatic N) is 4. The molecule has 1 aliphatic rings. The van der Waals surface area contributed by atoms with Gasteiger partial charge in [-0.25, -0.2) is 0 Å². The van der Waals surface area contributed by atoms with Crippen molar-refractivity contribution in [3.63, 3.8) is 0 Å². The largest absolute Gasteiger partial charge is 0.309 e. The van der Waals surface area contributed by atoms with E-state index >= 15 is 0 Å². The summed E-state index contributed by atoms with van der Waals surface area (Å²) in [7, 11) is 0. The van der Waals surface area contributed by atoms with Crippen molar-refractivity contribution in [3.8, 4) is 28.2 Å². The Kier molecular flexibility index (Phi) is 3.96. The molecule has 0 atom stereocenters. The quantitative estimate of drug-likeness (QED) is 0.193. The summed E-state index contributed by atoms with van der Waals surface area (Å²) in [4.78, 5) is 9.50. The average Bonchev–Trinajstić information content (AvgIpc) is 3.83. The molecule has 0 saturated heterocycles. The van der Waals surface area contributed by atoms with Gasteiger partial charge in [0.2, 0.25) is 0 Å². The van der Waals surface area contributed by atoms with Crippen LogP contribution in [0.2, 0.25) is 0 Å². The van der Waals surface area contributed by atoms with Crippen LogP contribution >= 0.6 is 0 Å². The maximum Gasteiger partial charge on any atom is 0.0971 e. The van der Waals surface area contributed by atoms with Crippen LogP contribution in [0.1, 0.15) is 0 Å². The molecule has 0 bridgehead atoms. The smallest absolute Gasteiger partial charge is 0.0971 e. The molecule has 4 heterocycles. The second-order valence-corrected chi connectivity index (χ2v) is 12.5. The minimum absolute atomic E-state index is 0.966. The van der Waals surface area contributed by atoms with Crippen molar-refractivity contribution in [1.82, 2.24) is 18.9 Å². The number of rotatable bonds is 1.